The second kappa shape index (κ2) is 8.76. The summed E-state index contributed by atoms with van der Waals surface area (Å²) in [5.41, 5.74) is 2.88. The third-order valence-corrected chi connectivity index (χ3v) is 6.24. The number of nitrogens with zero attached hydrogens (tertiary/aromatic N) is 3. The van der Waals surface area contributed by atoms with Crippen molar-refractivity contribution in [3.63, 3.8) is 0 Å². The molecule has 1 heterocycles. The molecule has 0 radical (unpaired) electrons. The van der Waals surface area contributed by atoms with Gasteiger partial charge in [0.05, 0.1) is 10.6 Å². The smallest absolute Gasteiger partial charge is 0.238 e. The monoisotopic (exact) mass is 431 g/mol. The molecule has 0 aliphatic rings. The molecule has 0 saturated heterocycles. The van der Waals surface area contributed by atoms with Crippen molar-refractivity contribution in [2.24, 2.45) is 12.2 Å². The number of thioether (sulfide) groups is 1. The minimum atomic E-state index is -3.72. The van der Waals surface area contributed by atoms with Gasteiger partial charge in [-0.15, -0.1) is 10.2 Å². The van der Waals surface area contributed by atoms with Crippen molar-refractivity contribution in [3.05, 3.63) is 59.7 Å². The average molecular weight is 432 g/mol. The van der Waals surface area contributed by atoms with Gasteiger partial charge < -0.3 is 9.88 Å². The number of rotatable bonds is 7. The molecule has 0 aliphatic heterocycles. The Hall–Kier alpha value is -2.69. The molecule has 0 bridgehead atoms. The third-order valence-electron chi connectivity index (χ3n) is 4.29. The van der Waals surface area contributed by atoms with Crippen molar-refractivity contribution in [1.29, 1.82) is 0 Å². The van der Waals surface area contributed by atoms with E-state index >= 15 is 0 Å². The molecule has 0 unspecified atom stereocenters. The number of nitrogens with two attached hydrogens (primary N) is 1. The van der Waals surface area contributed by atoms with E-state index in [4.69, 9.17) is 5.14 Å². The first kappa shape index (κ1) is 21.0. The average Bonchev–Trinajstić information content (AvgIpc) is 3.05. The van der Waals surface area contributed by atoms with Crippen molar-refractivity contribution in [2.75, 3.05) is 5.75 Å². The highest BCUT2D eigenvalue weighted by Crippen LogP contribution is 2.24. The Labute approximate surface area is 173 Å². The van der Waals surface area contributed by atoms with E-state index in [0.29, 0.717) is 5.16 Å². The van der Waals surface area contributed by atoms with Crippen LogP contribution in [0.25, 0.3) is 11.4 Å². The van der Waals surface area contributed by atoms with E-state index in [9.17, 15) is 13.2 Å². The number of aryl methyl sites for hydroxylation is 1. The normalized spacial score (nSPS) is 11.4. The molecule has 2 aromatic carbocycles. The Morgan fingerprint density at radius 1 is 1.14 bits per heavy atom. The van der Waals surface area contributed by atoms with E-state index < -0.39 is 10.0 Å². The van der Waals surface area contributed by atoms with E-state index in [2.05, 4.69) is 15.5 Å². The van der Waals surface area contributed by atoms with Crippen LogP contribution in [0.5, 0.6) is 0 Å². The predicted molar refractivity (Wildman–Crippen MR) is 112 cm³/mol. The fraction of sp³-hybridized carbons (Fsp3) is 0.211. The van der Waals surface area contributed by atoms with Crippen LogP contribution >= 0.6 is 11.8 Å². The molecule has 0 atom stereocenters. The van der Waals surface area contributed by atoms with Gasteiger partial charge in [0.25, 0.3) is 0 Å². The summed E-state index contributed by atoms with van der Waals surface area (Å²) in [4.78, 5) is 12.2. The molecule has 0 fully saturated rings. The number of carbonyl (C=O) groups is 1. The van der Waals surface area contributed by atoms with Gasteiger partial charge in [0, 0.05) is 19.2 Å². The van der Waals surface area contributed by atoms with Gasteiger partial charge >= 0.3 is 0 Å². The van der Waals surface area contributed by atoms with Gasteiger partial charge in [-0.2, -0.15) is 0 Å². The van der Waals surface area contributed by atoms with Crippen molar-refractivity contribution in [1.82, 2.24) is 20.1 Å². The molecule has 10 heteroatoms. The van der Waals surface area contributed by atoms with Crippen LogP contribution in [0, 0.1) is 6.92 Å². The van der Waals surface area contributed by atoms with Crippen LogP contribution in [0.15, 0.2) is 58.6 Å². The second-order valence-electron chi connectivity index (χ2n) is 6.43. The molecule has 3 N–H and O–H groups in total. The lowest BCUT2D eigenvalue weighted by molar-refractivity contribution is -0.118. The lowest BCUT2D eigenvalue weighted by Gasteiger charge is -2.07. The molecular weight excluding hydrogens is 410 g/mol. The Bertz CT molecular complexity index is 1130. The lowest BCUT2D eigenvalue weighted by Crippen LogP contribution is -2.24. The van der Waals surface area contributed by atoms with Crippen LogP contribution in [0.2, 0.25) is 0 Å². The zero-order chi connectivity index (χ0) is 21.0. The quantitative estimate of drug-likeness (QED) is 0.551. The molecule has 3 aromatic rings. The Morgan fingerprint density at radius 2 is 1.83 bits per heavy atom. The van der Waals surface area contributed by atoms with Gasteiger partial charge in [0.15, 0.2) is 11.0 Å². The zero-order valence-electron chi connectivity index (χ0n) is 16.0. The summed E-state index contributed by atoms with van der Waals surface area (Å²) in [6.07, 6.45) is 0. The SMILES string of the molecule is Cc1ccccc1-c1nnc(SCC(=O)NCc2ccc(S(N)(=O)=O)cc2)n1C. The van der Waals surface area contributed by atoms with Crippen molar-refractivity contribution < 1.29 is 13.2 Å². The molecule has 3 rings (SSSR count). The summed E-state index contributed by atoms with van der Waals surface area (Å²) in [6, 6.07) is 14.0. The first-order chi connectivity index (χ1) is 13.8. The fourth-order valence-electron chi connectivity index (χ4n) is 2.68. The first-order valence-electron chi connectivity index (χ1n) is 8.72. The summed E-state index contributed by atoms with van der Waals surface area (Å²) < 4.78 is 24.4. The van der Waals surface area contributed by atoms with Crippen LogP contribution in [0.1, 0.15) is 11.1 Å². The van der Waals surface area contributed by atoms with E-state index in [1.54, 1.807) is 12.1 Å². The molecule has 29 heavy (non-hydrogen) atoms. The molecule has 8 nitrogen and oxygen atoms in total. The van der Waals surface area contributed by atoms with Gasteiger partial charge in [-0.25, -0.2) is 13.6 Å². The zero-order valence-corrected chi connectivity index (χ0v) is 17.6. The third kappa shape index (κ3) is 5.22. The maximum absolute atomic E-state index is 12.2. The summed E-state index contributed by atoms with van der Waals surface area (Å²) in [5, 5.41) is 16.9. The summed E-state index contributed by atoms with van der Waals surface area (Å²) in [5.74, 6) is 0.779. The van der Waals surface area contributed by atoms with Gasteiger partial charge in [-0.05, 0) is 30.2 Å². The van der Waals surface area contributed by atoms with Crippen LogP contribution < -0.4 is 10.5 Å². The van der Waals surface area contributed by atoms with Crippen LogP contribution in [-0.2, 0) is 28.4 Å². The van der Waals surface area contributed by atoms with Crippen molar-refractivity contribution >= 4 is 27.7 Å². The van der Waals surface area contributed by atoms with Crippen LogP contribution in [0.4, 0.5) is 0 Å². The summed E-state index contributed by atoms with van der Waals surface area (Å²) >= 11 is 1.30. The maximum atomic E-state index is 12.2. The molecule has 0 spiro atoms. The largest absolute Gasteiger partial charge is 0.351 e. The number of aromatic nitrogens is 3. The molecule has 1 amide bonds. The highest BCUT2D eigenvalue weighted by atomic mass is 32.2. The highest BCUT2D eigenvalue weighted by molar-refractivity contribution is 7.99. The van der Waals surface area contributed by atoms with Gasteiger partial charge in [0.1, 0.15) is 0 Å². The minimum Gasteiger partial charge on any atom is -0.351 e. The number of nitrogens with one attached hydrogen (secondary N) is 1. The van der Waals surface area contributed by atoms with Gasteiger partial charge in [-0.3, -0.25) is 4.79 Å². The van der Waals surface area contributed by atoms with E-state index in [-0.39, 0.29) is 23.1 Å². The van der Waals surface area contributed by atoms with E-state index in [0.717, 1.165) is 22.5 Å². The number of primary sulfonamides is 1. The fourth-order valence-corrected chi connectivity index (χ4v) is 3.93. The maximum Gasteiger partial charge on any atom is 0.238 e. The standard InChI is InChI=1S/C19H21N5O3S2/c1-13-5-3-4-6-16(13)18-22-23-19(24(18)2)28-12-17(25)21-11-14-7-9-15(10-8-14)29(20,26)27/h3-10H,11-12H2,1-2H3,(H,21,25)(H2,20,26,27). The first-order valence-corrected chi connectivity index (χ1v) is 11.3. The van der Waals surface area contributed by atoms with Gasteiger partial charge in [-0.1, -0.05) is 48.2 Å². The number of benzene rings is 2. The molecule has 1 aromatic heterocycles. The second-order valence-corrected chi connectivity index (χ2v) is 8.94. The van der Waals surface area contributed by atoms with Crippen LogP contribution in [0.3, 0.4) is 0 Å². The Balaban J connectivity index is 1.56. The Kier molecular flexibility index (Phi) is 6.36. The highest BCUT2D eigenvalue weighted by Gasteiger charge is 2.14. The van der Waals surface area contributed by atoms with Gasteiger partial charge in [0.2, 0.25) is 15.9 Å². The van der Waals surface area contributed by atoms with E-state index in [1.807, 2.05) is 42.8 Å². The number of amides is 1. The number of hydrogen-bond acceptors (Lipinski definition) is 6. The topological polar surface area (TPSA) is 120 Å². The lowest BCUT2D eigenvalue weighted by atomic mass is 10.1. The Morgan fingerprint density at radius 3 is 2.48 bits per heavy atom. The summed E-state index contributed by atoms with van der Waals surface area (Å²) in [6.45, 7) is 2.30. The van der Waals surface area contributed by atoms with E-state index in [1.165, 1.54) is 23.9 Å². The van der Waals surface area contributed by atoms with Crippen LogP contribution in [-0.4, -0.2) is 34.8 Å². The minimum absolute atomic E-state index is 0.0369. The van der Waals surface area contributed by atoms with Crippen molar-refractivity contribution in [2.45, 2.75) is 23.5 Å². The molecule has 0 saturated carbocycles. The number of sulfonamides is 1. The molecule has 152 valence electrons. The molecular formula is C19H21N5O3S2. The molecule has 0 aliphatic carbocycles. The number of carbonyl (C=O) groups excluding carboxylic acids is 1. The summed E-state index contributed by atoms with van der Waals surface area (Å²) in [7, 11) is -1.85. The van der Waals surface area contributed by atoms with Crippen molar-refractivity contribution in [3.8, 4) is 11.4 Å². The number of hydrogen-bond donors (Lipinski definition) is 2. The predicted octanol–water partition coefficient (Wildman–Crippen LogP) is 1.85.